The van der Waals surface area contributed by atoms with Gasteiger partial charge in [-0.1, -0.05) is 24.3 Å². The largest absolute Gasteiger partial charge is 0.396 e. The van der Waals surface area contributed by atoms with Gasteiger partial charge in [0.25, 0.3) is 5.91 Å². The standard InChI is InChI=1S/C26H25FN2O5S/c27-21-7-3-4-8-22(21)35-16-15-28-13-11-18(12-14-28)17-29-25(32)19-5-1-2-6-20(19)26(29)33-23(30)9-10-24(31)34-26/h1-10,18H,11-17H2. The van der Waals surface area contributed by atoms with Gasteiger partial charge in [0.05, 0.1) is 11.1 Å². The molecule has 0 N–H and O–H groups in total. The number of fused-ring (bicyclic) bond motifs is 2. The van der Waals surface area contributed by atoms with Gasteiger partial charge in [-0.25, -0.2) is 14.0 Å². The van der Waals surface area contributed by atoms with E-state index in [4.69, 9.17) is 9.47 Å². The van der Waals surface area contributed by atoms with Gasteiger partial charge in [0, 0.05) is 35.9 Å². The maximum atomic E-state index is 13.8. The molecule has 1 fully saturated rings. The molecule has 0 saturated carbocycles. The minimum atomic E-state index is -1.89. The number of amides is 1. The predicted molar refractivity (Wildman–Crippen MR) is 127 cm³/mol. The molecule has 2 aromatic rings. The molecular weight excluding hydrogens is 471 g/mol. The highest BCUT2D eigenvalue weighted by molar-refractivity contribution is 7.99. The molecule has 182 valence electrons. The molecule has 1 amide bonds. The number of carbonyl (C=O) groups is 3. The number of likely N-dealkylation sites (tertiary alicyclic amines) is 1. The van der Waals surface area contributed by atoms with Crippen LogP contribution in [-0.4, -0.2) is 59.6 Å². The zero-order valence-electron chi connectivity index (χ0n) is 19.0. The maximum absolute atomic E-state index is 13.8. The number of hydrogen-bond acceptors (Lipinski definition) is 7. The van der Waals surface area contributed by atoms with Crippen LogP contribution < -0.4 is 0 Å². The quantitative estimate of drug-likeness (QED) is 0.447. The van der Waals surface area contributed by atoms with Gasteiger partial charge in [-0.2, -0.15) is 0 Å². The molecule has 5 rings (SSSR count). The van der Waals surface area contributed by atoms with Gasteiger partial charge >= 0.3 is 17.8 Å². The van der Waals surface area contributed by atoms with E-state index in [1.807, 2.05) is 6.07 Å². The topological polar surface area (TPSA) is 76.2 Å². The Morgan fingerprint density at radius 1 is 0.943 bits per heavy atom. The number of rotatable bonds is 6. The van der Waals surface area contributed by atoms with Crippen LogP contribution in [0.4, 0.5) is 4.39 Å². The van der Waals surface area contributed by atoms with E-state index in [9.17, 15) is 18.8 Å². The Morgan fingerprint density at radius 3 is 2.31 bits per heavy atom. The van der Waals surface area contributed by atoms with E-state index in [2.05, 4.69) is 4.90 Å². The fourth-order valence-electron chi connectivity index (χ4n) is 4.79. The molecule has 0 bridgehead atoms. The third-order valence-corrected chi connectivity index (χ3v) is 7.61. The summed E-state index contributed by atoms with van der Waals surface area (Å²) in [7, 11) is 0. The molecule has 1 spiro atoms. The first-order valence-electron chi connectivity index (χ1n) is 11.6. The summed E-state index contributed by atoms with van der Waals surface area (Å²) in [6.45, 7) is 2.81. The number of benzene rings is 2. The molecule has 2 aromatic carbocycles. The lowest BCUT2D eigenvalue weighted by Gasteiger charge is -2.39. The highest BCUT2D eigenvalue weighted by Gasteiger charge is 2.57. The monoisotopic (exact) mass is 496 g/mol. The Labute approximate surface area is 206 Å². The lowest BCUT2D eigenvalue weighted by atomic mass is 9.96. The van der Waals surface area contributed by atoms with Crippen LogP contribution in [0.15, 0.2) is 65.6 Å². The number of carbonyl (C=O) groups excluding carboxylic acids is 3. The van der Waals surface area contributed by atoms with Crippen LogP contribution in [0, 0.1) is 11.7 Å². The van der Waals surface area contributed by atoms with Gasteiger partial charge in [0.2, 0.25) is 0 Å². The smallest absolute Gasteiger partial charge is 0.375 e. The highest BCUT2D eigenvalue weighted by Crippen LogP contribution is 2.43. The fraction of sp³-hybridized carbons (Fsp3) is 0.346. The zero-order chi connectivity index (χ0) is 24.4. The molecule has 3 aliphatic heterocycles. The number of hydrogen-bond donors (Lipinski definition) is 0. The Bertz CT molecular complexity index is 1160. The van der Waals surface area contributed by atoms with Crippen LogP contribution in [0.3, 0.4) is 0 Å². The fourth-order valence-corrected chi connectivity index (χ4v) is 5.74. The molecular formula is C26H25FN2O5S. The van der Waals surface area contributed by atoms with E-state index in [1.165, 1.54) is 22.7 Å². The van der Waals surface area contributed by atoms with Crippen LogP contribution >= 0.6 is 11.8 Å². The number of piperidine rings is 1. The predicted octanol–water partition coefficient (Wildman–Crippen LogP) is 3.55. The summed E-state index contributed by atoms with van der Waals surface area (Å²) in [6, 6.07) is 13.5. The van der Waals surface area contributed by atoms with Crippen molar-refractivity contribution in [3.05, 3.63) is 77.6 Å². The third kappa shape index (κ3) is 4.70. The number of nitrogens with zero attached hydrogens (tertiary/aromatic N) is 2. The molecule has 3 heterocycles. The second-order valence-electron chi connectivity index (χ2n) is 8.78. The molecule has 3 aliphatic rings. The molecule has 0 aliphatic carbocycles. The van der Waals surface area contributed by atoms with E-state index in [1.54, 1.807) is 36.4 Å². The number of ether oxygens (including phenoxy) is 2. The van der Waals surface area contributed by atoms with Crippen molar-refractivity contribution in [2.45, 2.75) is 23.6 Å². The average Bonchev–Trinajstić information content (AvgIpc) is 2.97. The van der Waals surface area contributed by atoms with Crippen molar-refractivity contribution in [3.63, 3.8) is 0 Å². The van der Waals surface area contributed by atoms with Crippen molar-refractivity contribution < 1.29 is 28.2 Å². The van der Waals surface area contributed by atoms with Gasteiger partial charge in [0.1, 0.15) is 5.82 Å². The summed E-state index contributed by atoms with van der Waals surface area (Å²) < 4.78 is 25.0. The molecule has 9 heteroatoms. The Hall–Kier alpha value is -3.17. The Kier molecular flexibility index (Phi) is 6.62. The number of esters is 2. The van der Waals surface area contributed by atoms with Gasteiger partial charge in [-0.15, -0.1) is 11.8 Å². The summed E-state index contributed by atoms with van der Waals surface area (Å²) in [5.74, 6) is -2.97. The van der Waals surface area contributed by atoms with Crippen molar-refractivity contribution in [3.8, 4) is 0 Å². The van der Waals surface area contributed by atoms with Crippen LogP contribution in [-0.2, 0) is 25.0 Å². The van der Waals surface area contributed by atoms with Crippen molar-refractivity contribution >= 4 is 29.6 Å². The van der Waals surface area contributed by atoms with E-state index >= 15 is 0 Å². The Balaban J connectivity index is 1.23. The first-order valence-corrected chi connectivity index (χ1v) is 12.6. The Morgan fingerprint density at radius 2 is 1.60 bits per heavy atom. The van der Waals surface area contributed by atoms with E-state index in [0.29, 0.717) is 22.6 Å². The minimum absolute atomic E-state index is 0.147. The molecule has 0 aromatic heterocycles. The third-order valence-electron chi connectivity index (χ3n) is 6.58. The van der Waals surface area contributed by atoms with Crippen molar-refractivity contribution in [1.29, 1.82) is 0 Å². The molecule has 35 heavy (non-hydrogen) atoms. The summed E-state index contributed by atoms with van der Waals surface area (Å²) >= 11 is 1.51. The minimum Gasteiger partial charge on any atom is -0.396 e. The highest BCUT2D eigenvalue weighted by atomic mass is 32.2. The van der Waals surface area contributed by atoms with E-state index in [0.717, 1.165) is 50.4 Å². The average molecular weight is 497 g/mol. The summed E-state index contributed by atoms with van der Waals surface area (Å²) in [5, 5.41) is 0. The van der Waals surface area contributed by atoms with Crippen LogP contribution in [0.25, 0.3) is 0 Å². The molecule has 0 unspecified atom stereocenters. The molecule has 0 atom stereocenters. The van der Waals surface area contributed by atoms with E-state index in [-0.39, 0.29) is 17.6 Å². The summed E-state index contributed by atoms with van der Waals surface area (Å²) in [4.78, 5) is 42.3. The van der Waals surface area contributed by atoms with Crippen LogP contribution in [0.5, 0.6) is 0 Å². The lowest BCUT2D eigenvalue weighted by Crippen LogP contribution is -2.52. The van der Waals surface area contributed by atoms with Gasteiger partial charge < -0.3 is 14.4 Å². The molecule has 1 saturated heterocycles. The first kappa shape index (κ1) is 23.6. The molecule has 7 nitrogen and oxygen atoms in total. The zero-order valence-corrected chi connectivity index (χ0v) is 19.8. The maximum Gasteiger partial charge on any atom is 0.375 e. The van der Waals surface area contributed by atoms with E-state index < -0.39 is 17.8 Å². The second kappa shape index (κ2) is 9.83. The van der Waals surface area contributed by atoms with Crippen molar-refractivity contribution in [2.24, 2.45) is 5.92 Å². The molecule has 0 radical (unpaired) electrons. The van der Waals surface area contributed by atoms with Crippen LogP contribution in [0.2, 0.25) is 0 Å². The van der Waals surface area contributed by atoms with Crippen molar-refractivity contribution in [2.75, 3.05) is 31.9 Å². The SMILES string of the molecule is O=C1C=CC(=O)OC2(O1)c1ccccc1C(=O)N2CC1CCN(CCSc2ccccc2F)CC1. The van der Waals surface area contributed by atoms with Gasteiger partial charge in [-0.3, -0.25) is 9.69 Å². The summed E-state index contributed by atoms with van der Waals surface area (Å²) in [5.41, 5.74) is 0.718. The second-order valence-corrected chi connectivity index (χ2v) is 9.92. The normalized spacial score (nSPS) is 20.0. The first-order chi connectivity index (χ1) is 17.0. The van der Waals surface area contributed by atoms with Crippen LogP contribution in [0.1, 0.15) is 28.8 Å². The number of thioether (sulfide) groups is 1. The van der Waals surface area contributed by atoms with Gasteiger partial charge in [0.15, 0.2) is 0 Å². The lowest BCUT2D eigenvalue weighted by molar-refractivity contribution is -0.275. The van der Waals surface area contributed by atoms with Crippen molar-refractivity contribution in [1.82, 2.24) is 9.80 Å². The number of halogens is 1. The summed E-state index contributed by atoms with van der Waals surface area (Å²) in [6.07, 6.45) is 3.69. The van der Waals surface area contributed by atoms with Gasteiger partial charge in [-0.05, 0) is 56.1 Å².